The highest BCUT2D eigenvalue weighted by Gasteiger charge is 2.30. The Hall–Kier alpha value is -1.46. The van der Waals surface area contributed by atoms with Crippen LogP contribution in [0.15, 0.2) is 12.1 Å². The summed E-state index contributed by atoms with van der Waals surface area (Å²) in [5, 5.41) is 12.3. The van der Waals surface area contributed by atoms with Gasteiger partial charge in [-0.2, -0.15) is 0 Å². The molecule has 1 fully saturated rings. The highest BCUT2D eigenvalue weighted by atomic mass is 35.5. The molecule has 0 heterocycles. The molecule has 1 amide bonds. The van der Waals surface area contributed by atoms with Crippen LogP contribution in [0.2, 0.25) is 10.0 Å². The van der Waals surface area contributed by atoms with Crippen LogP contribution in [0.3, 0.4) is 0 Å². The van der Waals surface area contributed by atoms with E-state index in [2.05, 4.69) is 5.32 Å². The summed E-state index contributed by atoms with van der Waals surface area (Å²) >= 11 is 12.0. The van der Waals surface area contributed by atoms with Crippen molar-refractivity contribution in [3.05, 3.63) is 27.7 Å². The summed E-state index contributed by atoms with van der Waals surface area (Å²) in [4.78, 5) is 23.1. The van der Waals surface area contributed by atoms with Gasteiger partial charge >= 0.3 is 5.97 Å². The highest BCUT2D eigenvalue weighted by molar-refractivity contribution is 6.37. The van der Waals surface area contributed by atoms with E-state index >= 15 is 0 Å². The fraction of sp³-hybridized carbons (Fsp3) is 0.429. The smallest absolute Gasteiger partial charge is 0.306 e. The summed E-state index contributed by atoms with van der Waals surface area (Å²) in [5.41, 5.74) is 0.324. The number of ether oxygens (including phenoxy) is 1. The standard InChI is InChI=1S/C14H15Cl2NO4/c1-21-12-10(15)5-8(6-11(12)16)13(18)17-9-3-2-7(4-9)14(19)20/h5-7,9H,2-4H2,1H3,(H,17,18)(H,19,20). The number of carboxylic acids is 1. The van der Waals surface area contributed by atoms with E-state index in [9.17, 15) is 9.59 Å². The Morgan fingerprint density at radius 2 is 1.90 bits per heavy atom. The van der Waals surface area contributed by atoms with E-state index in [0.29, 0.717) is 30.6 Å². The van der Waals surface area contributed by atoms with E-state index in [-0.39, 0.29) is 22.0 Å². The molecule has 0 aromatic heterocycles. The predicted molar refractivity (Wildman–Crippen MR) is 79.2 cm³/mol. The number of aliphatic carboxylic acids is 1. The number of hydrogen-bond donors (Lipinski definition) is 2. The number of methoxy groups -OCH3 is 1. The van der Waals surface area contributed by atoms with Crippen molar-refractivity contribution in [2.75, 3.05) is 7.11 Å². The predicted octanol–water partition coefficient (Wildman–Crippen LogP) is 2.99. The Morgan fingerprint density at radius 1 is 1.29 bits per heavy atom. The fourth-order valence-electron chi connectivity index (χ4n) is 2.49. The average molecular weight is 332 g/mol. The van der Waals surface area contributed by atoms with Crippen LogP contribution in [0.25, 0.3) is 0 Å². The molecule has 0 bridgehead atoms. The van der Waals surface area contributed by atoms with Crippen molar-refractivity contribution >= 4 is 35.1 Å². The van der Waals surface area contributed by atoms with Crippen molar-refractivity contribution in [3.8, 4) is 5.75 Å². The molecule has 2 N–H and O–H groups in total. The van der Waals surface area contributed by atoms with Crippen molar-refractivity contribution in [1.29, 1.82) is 0 Å². The van der Waals surface area contributed by atoms with Crippen LogP contribution in [-0.4, -0.2) is 30.1 Å². The van der Waals surface area contributed by atoms with Gasteiger partial charge in [-0.25, -0.2) is 0 Å². The number of benzene rings is 1. The topological polar surface area (TPSA) is 75.6 Å². The van der Waals surface area contributed by atoms with Crippen molar-refractivity contribution in [3.63, 3.8) is 0 Å². The third kappa shape index (κ3) is 3.60. The van der Waals surface area contributed by atoms with Crippen LogP contribution in [-0.2, 0) is 4.79 Å². The van der Waals surface area contributed by atoms with Gasteiger partial charge in [0.05, 0.1) is 23.1 Å². The third-order valence-electron chi connectivity index (χ3n) is 3.58. The van der Waals surface area contributed by atoms with E-state index in [0.717, 1.165) is 0 Å². The largest absolute Gasteiger partial charge is 0.494 e. The number of carbonyl (C=O) groups excluding carboxylic acids is 1. The molecule has 2 unspecified atom stereocenters. The van der Waals surface area contributed by atoms with Gasteiger partial charge in [-0.05, 0) is 31.4 Å². The first-order chi connectivity index (χ1) is 9.92. The lowest BCUT2D eigenvalue weighted by Gasteiger charge is -2.14. The minimum atomic E-state index is -0.817. The summed E-state index contributed by atoms with van der Waals surface area (Å²) in [5.74, 6) is -1.21. The zero-order valence-corrected chi connectivity index (χ0v) is 12.9. The quantitative estimate of drug-likeness (QED) is 0.889. The molecule has 0 radical (unpaired) electrons. The van der Waals surface area contributed by atoms with Gasteiger partial charge in [0, 0.05) is 11.6 Å². The number of carboxylic acid groups (broad SMARTS) is 1. The van der Waals surface area contributed by atoms with Crippen molar-refractivity contribution in [2.45, 2.75) is 25.3 Å². The molecule has 1 aliphatic rings. The van der Waals surface area contributed by atoms with Crippen molar-refractivity contribution in [1.82, 2.24) is 5.32 Å². The van der Waals surface area contributed by atoms with Crippen LogP contribution in [0.4, 0.5) is 0 Å². The van der Waals surface area contributed by atoms with Crippen LogP contribution in [0.1, 0.15) is 29.6 Å². The molecular weight excluding hydrogens is 317 g/mol. The van der Waals surface area contributed by atoms with Crippen LogP contribution in [0.5, 0.6) is 5.75 Å². The maximum atomic E-state index is 12.2. The Balaban J connectivity index is 2.06. The molecule has 1 aromatic carbocycles. The molecule has 0 saturated heterocycles. The average Bonchev–Trinajstić information content (AvgIpc) is 2.87. The molecule has 7 heteroatoms. The van der Waals surface area contributed by atoms with E-state index in [1.807, 2.05) is 0 Å². The lowest BCUT2D eigenvalue weighted by Crippen LogP contribution is -2.33. The number of nitrogens with one attached hydrogen (secondary N) is 1. The summed E-state index contributed by atoms with van der Waals surface area (Å²) in [6.45, 7) is 0. The molecule has 1 aliphatic carbocycles. The van der Waals surface area contributed by atoms with Gasteiger partial charge in [0.15, 0.2) is 5.75 Å². The Kier molecular flexibility index (Phi) is 4.96. The molecule has 2 atom stereocenters. The van der Waals surface area contributed by atoms with Crippen molar-refractivity contribution < 1.29 is 19.4 Å². The Bertz CT molecular complexity index is 553. The molecule has 0 aliphatic heterocycles. The van der Waals surface area contributed by atoms with Crippen molar-refractivity contribution in [2.24, 2.45) is 5.92 Å². The Morgan fingerprint density at radius 3 is 2.38 bits per heavy atom. The number of carbonyl (C=O) groups is 2. The number of amides is 1. The van der Waals surface area contributed by atoms with Gasteiger partial charge in [0.2, 0.25) is 0 Å². The highest BCUT2D eigenvalue weighted by Crippen LogP contribution is 2.34. The zero-order valence-electron chi connectivity index (χ0n) is 11.4. The maximum absolute atomic E-state index is 12.2. The van der Waals surface area contributed by atoms with E-state index < -0.39 is 11.9 Å². The van der Waals surface area contributed by atoms with E-state index in [1.165, 1.54) is 19.2 Å². The lowest BCUT2D eigenvalue weighted by atomic mass is 10.1. The van der Waals surface area contributed by atoms with Crippen LogP contribution >= 0.6 is 23.2 Å². The second kappa shape index (κ2) is 6.54. The minimum absolute atomic E-state index is 0.141. The van der Waals surface area contributed by atoms with Crippen LogP contribution < -0.4 is 10.1 Å². The van der Waals surface area contributed by atoms with Gasteiger partial charge in [0.25, 0.3) is 5.91 Å². The van der Waals surface area contributed by atoms with E-state index in [1.54, 1.807) is 0 Å². The zero-order chi connectivity index (χ0) is 15.6. The van der Waals surface area contributed by atoms with Gasteiger partial charge < -0.3 is 15.2 Å². The minimum Gasteiger partial charge on any atom is -0.494 e. The third-order valence-corrected chi connectivity index (χ3v) is 4.14. The molecular formula is C14H15Cl2NO4. The van der Waals surface area contributed by atoms with Gasteiger partial charge in [-0.15, -0.1) is 0 Å². The molecule has 114 valence electrons. The first kappa shape index (κ1) is 15.9. The second-order valence-electron chi connectivity index (χ2n) is 4.99. The van der Waals surface area contributed by atoms with Gasteiger partial charge in [-0.1, -0.05) is 23.2 Å². The number of rotatable bonds is 4. The summed E-state index contributed by atoms with van der Waals surface area (Å²) < 4.78 is 5.02. The van der Waals surface area contributed by atoms with Gasteiger partial charge in [-0.3, -0.25) is 9.59 Å². The first-order valence-electron chi connectivity index (χ1n) is 6.49. The monoisotopic (exact) mass is 331 g/mol. The summed E-state index contributed by atoms with van der Waals surface area (Å²) in [7, 11) is 1.44. The fourth-order valence-corrected chi connectivity index (χ4v) is 3.13. The lowest BCUT2D eigenvalue weighted by molar-refractivity contribution is -0.141. The molecule has 1 aromatic rings. The Labute approximate surface area is 132 Å². The summed E-state index contributed by atoms with van der Waals surface area (Å²) in [6, 6.07) is 2.81. The van der Waals surface area contributed by atoms with Gasteiger partial charge in [0.1, 0.15) is 0 Å². The number of hydrogen-bond acceptors (Lipinski definition) is 3. The first-order valence-corrected chi connectivity index (χ1v) is 7.24. The number of halogens is 2. The summed E-state index contributed by atoms with van der Waals surface area (Å²) in [6.07, 6.45) is 1.67. The normalized spacial score (nSPS) is 21.1. The second-order valence-corrected chi connectivity index (χ2v) is 5.81. The van der Waals surface area contributed by atoms with E-state index in [4.69, 9.17) is 33.0 Å². The SMILES string of the molecule is COc1c(Cl)cc(C(=O)NC2CCC(C(=O)O)C2)cc1Cl. The molecule has 21 heavy (non-hydrogen) atoms. The molecule has 2 rings (SSSR count). The van der Waals surface area contributed by atoms with Crippen LogP contribution in [0, 0.1) is 5.92 Å². The maximum Gasteiger partial charge on any atom is 0.306 e. The molecule has 1 saturated carbocycles. The molecule has 0 spiro atoms. The molecule has 5 nitrogen and oxygen atoms in total.